The predicted octanol–water partition coefficient (Wildman–Crippen LogP) is 3.68. The Morgan fingerprint density at radius 1 is 0.892 bits per heavy atom. The molecule has 1 aromatic carbocycles. The minimum Gasteiger partial charge on any atom is -0.497 e. The van der Waals surface area contributed by atoms with Crippen LogP contribution in [-0.4, -0.2) is 131 Å². The second-order valence-electron chi connectivity index (χ2n) is 19.0. The zero-order valence-corrected chi connectivity index (χ0v) is 40.8. The van der Waals surface area contributed by atoms with Gasteiger partial charge in [0.1, 0.15) is 36.2 Å². The lowest BCUT2D eigenvalue weighted by Gasteiger charge is -2.39. The molecule has 1 aromatic rings. The SMILES string of the molecule is CCC(C)CC(O)CC(=O)OC(C(=O)C(C)C(=O)NC(CC(C)C)C(=O)N1CCCC1C(O)N(C)C(Cc1ccc(OC)cc1)C(=O)OC(C)C(NC(=O)CCC(C)C)C(N)=O)C(C)C. The van der Waals surface area contributed by atoms with E-state index in [2.05, 4.69) is 10.6 Å². The lowest BCUT2D eigenvalue weighted by molar-refractivity contribution is -0.164. The van der Waals surface area contributed by atoms with Crippen LogP contribution in [-0.2, 0) is 49.5 Å². The number of nitrogens with two attached hydrogens (primary N) is 1. The summed E-state index contributed by atoms with van der Waals surface area (Å²) < 4.78 is 16.6. The zero-order chi connectivity index (χ0) is 49.3. The Morgan fingerprint density at radius 3 is 2.06 bits per heavy atom. The van der Waals surface area contributed by atoms with Crippen molar-refractivity contribution in [2.75, 3.05) is 20.7 Å². The number of rotatable bonds is 28. The van der Waals surface area contributed by atoms with Crippen LogP contribution in [0, 0.1) is 29.6 Å². The Labute approximate surface area is 386 Å². The summed E-state index contributed by atoms with van der Waals surface area (Å²) in [5.74, 6) is -5.58. The molecule has 0 bridgehead atoms. The fourth-order valence-corrected chi connectivity index (χ4v) is 7.81. The van der Waals surface area contributed by atoms with E-state index in [-0.39, 0.29) is 50.0 Å². The molecule has 368 valence electrons. The molecule has 10 unspecified atom stereocenters. The number of ketones is 1. The van der Waals surface area contributed by atoms with Gasteiger partial charge < -0.3 is 45.7 Å². The van der Waals surface area contributed by atoms with Gasteiger partial charge in [-0.2, -0.15) is 0 Å². The molecular formula is C48H79N5O12. The largest absolute Gasteiger partial charge is 0.497 e. The van der Waals surface area contributed by atoms with E-state index in [1.165, 1.54) is 37.8 Å². The van der Waals surface area contributed by atoms with Crippen LogP contribution in [0.15, 0.2) is 24.3 Å². The third kappa shape index (κ3) is 18.0. The molecule has 10 atom stereocenters. The quantitative estimate of drug-likeness (QED) is 0.0458. The number of likely N-dealkylation sites (N-methyl/N-ethyl adjacent to an activating group) is 1. The average molecular weight is 918 g/mol. The van der Waals surface area contributed by atoms with Crippen molar-refractivity contribution in [2.24, 2.45) is 35.3 Å². The topological polar surface area (TPSA) is 244 Å². The molecule has 1 saturated heterocycles. The van der Waals surface area contributed by atoms with Gasteiger partial charge in [-0.25, -0.2) is 0 Å². The lowest BCUT2D eigenvalue weighted by atomic mass is 9.92. The van der Waals surface area contributed by atoms with Gasteiger partial charge in [0.25, 0.3) is 0 Å². The van der Waals surface area contributed by atoms with Crippen molar-refractivity contribution in [3.8, 4) is 5.75 Å². The van der Waals surface area contributed by atoms with Crippen molar-refractivity contribution in [1.82, 2.24) is 20.4 Å². The van der Waals surface area contributed by atoms with Crippen LogP contribution in [0.4, 0.5) is 0 Å². The molecule has 2 rings (SSSR count). The monoisotopic (exact) mass is 918 g/mol. The van der Waals surface area contributed by atoms with E-state index in [9.17, 15) is 43.8 Å². The molecule has 0 aliphatic carbocycles. The molecule has 17 nitrogen and oxygen atoms in total. The first-order valence-electron chi connectivity index (χ1n) is 23.3. The molecule has 1 aliphatic heterocycles. The maximum Gasteiger partial charge on any atom is 0.324 e. The second-order valence-corrected chi connectivity index (χ2v) is 19.0. The number of likely N-dealkylation sites (tertiary alicyclic amines) is 1. The number of esters is 2. The van der Waals surface area contributed by atoms with Crippen molar-refractivity contribution in [1.29, 1.82) is 0 Å². The second kappa shape index (κ2) is 27.1. The smallest absolute Gasteiger partial charge is 0.324 e. The van der Waals surface area contributed by atoms with Crippen LogP contribution >= 0.6 is 0 Å². The third-order valence-electron chi connectivity index (χ3n) is 12.1. The fraction of sp³-hybridized carbons (Fsp3) is 0.729. The van der Waals surface area contributed by atoms with Gasteiger partial charge in [0.2, 0.25) is 23.6 Å². The Balaban J connectivity index is 2.35. The van der Waals surface area contributed by atoms with Gasteiger partial charge in [-0.1, -0.05) is 73.9 Å². The molecular weight excluding hydrogens is 839 g/mol. The number of amides is 4. The molecule has 1 fully saturated rings. The maximum absolute atomic E-state index is 14.5. The number of aliphatic hydroxyl groups is 2. The summed E-state index contributed by atoms with van der Waals surface area (Å²) in [5.41, 5.74) is 6.34. The number of carbonyl (C=O) groups is 7. The highest BCUT2D eigenvalue weighted by molar-refractivity contribution is 6.04. The number of primary amides is 1. The first-order valence-corrected chi connectivity index (χ1v) is 23.3. The van der Waals surface area contributed by atoms with Crippen LogP contribution in [0.2, 0.25) is 0 Å². The third-order valence-corrected chi connectivity index (χ3v) is 12.1. The number of carbonyl (C=O) groups excluding carboxylic acids is 7. The molecule has 6 N–H and O–H groups in total. The minimum atomic E-state index is -1.42. The molecule has 1 aliphatic rings. The van der Waals surface area contributed by atoms with Gasteiger partial charge in [-0.05, 0) is 101 Å². The lowest BCUT2D eigenvalue weighted by Crippen LogP contribution is -2.59. The van der Waals surface area contributed by atoms with Crippen molar-refractivity contribution < 1.29 is 58.0 Å². The summed E-state index contributed by atoms with van der Waals surface area (Å²) >= 11 is 0. The first kappa shape index (κ1) is 56.5. The van der Waals surface area contributed by atoms with Crippen LogP contribution in [0.3, 0.4) is 0 Å². The Morgan fingerprint density at radius 2 is 1.52 bits per heavy atom. The Hall–Kier alpha value is -4.61. The summed E-state index contributed by atoms with van der Waals surface area (Å²) in [6, 6.07) is 2.55. The molecule has 65 heavy (non-hydrogen) atoms. The number of Topliss-reactive ketones (excluding diaryl/α,β-unsaturated/α-hetero) is 1. The van der Waals surface area contributed by atoms with Crippen molar-refractivity contribution >= 4 is 41.4 Å². The van der Waals surface area contributed by atoms with Crippen LogP contribution in [0.25, 0.3) is 0 Å². The molecule has 0 radical (unpaired) electrons. The van der Waals surface area contributed by atoms with Gasteiger partial charge in [-0.3, -0.25) is 38.5 Å². The Kier molecular flexibility index (Phi) is 23.6. The number of nitrogens with one attached hydrogen (secondary N) is 2. The van der Waals surface area contributed by atoms with E-state index in [4.69, 9.17) is 19.9 Å². The van der Waals surface area contributed by atoms with E-state index in [0.29, 0.717) is 37.0 Å². The van der Waals surface area contributed by atoms with E-state index in [0.717, 1.165) is 6.42 Å². The number of methoxy groups -OCH3 is 1. The fourth-order valence-electron chi connectivity index (χ4n) is 7.81. The average Bonchev–Trinajstić information content (AvgIpc) is 3.74. The van der Waals surface area contributed by atoms with Gasteiger partial charge in [-0.15, -0.1) is 0 Å². The van der Waals surface area contributed by atoms with E-state index >= 15 is 0 Å². The zero-order valence-electron chi connectivity index (χ0n) is 40.8. The summed E-state index contributed by atoms with van der Waals surface area (Å²) in [4.78, 5) is 97.0. The summed E-state index contributed by atoms with van der Waals surface area (Å²) in [7, 11) is 3.05. The number of hydrogen-bond donors (Lipinski definition) is 5. The standard InChI is InChI=1S/C48H79N5O12/c1-13-30(8)24-34(54)26-40(56)65-43(29(6)7)42(57)31(9)45(59)50-36(23-28(4)5)46(60)53-22-14-15-37(53)47(61)52(11)38(25-33-17-19-35(63-12)20-18-33)48(62)64-32(10)41(44(49)58)51-39(55)21-16-27(2)3/h17-20,27-32,34,36-38,41,43,47,54,61H,13-16,21-26H2,1-12H3,(H2,49,58)(H,50,59)(H,51,55). The first-order chi connectivity index (χ1) is 30.4. The van der Waals surface area contributed by atoms with Crippen molar-refractivity contribution in [3.05, 3.63) is 29.8 Å². The van der Waals surface area contributed by atoms with Gasteiger partial charge in [0, 0.05) is 13.0 Å². The Bertz CT molecular complexity index is 1720. The molecule has 1 heterocycles. The number of nitrogens with zero attached hydrogens (tertiary/aromatic N) is 2. The van der Waals surface area contributed by atoms with E-state index in [1.54, 1.807) is 38.1 Å². The summed E-state index contributed by atoms with van der Waals surface area (Å²) in [5, 5.41) is 27.8. The van der Waals surface area contributed by atoms with Gasteiger partial charge in [0.05, 0.1) is 31.6 Å². The number of benzene rings is 1. The predicted molar refractivity (Wildman–Crippen MR) is 245 cm³/mol. The normalized spacial score (nSPS) is 18.2. The van der Waals surface area contributed by atoms with Crippen molar-refractivity contribution in [3.63, 3.8) is 0 Å². The number of hydrogen-bond acceptors (Lipinski definition) is 13. The van der Waals surface area contributed by atoms with E-state index in [1.807, 2.05) is 41.5 Å². The van der Waals surface area contributed by atoms with Gasteiger partial charge in [0.15, 0.2) is 11.9 Å². The molecule has 0 saturated carbocycles. The highest BCUT2D eigenvalue weighted by Crippen LogP contribution is 2.27. The molecule has 0 aromatic heterocycles. The summed E-state index contributed by atoms with van der Waals surface area (Å²) in [6.07, 6.45) is -2.03. The van der Waals surface area contributed by atoms with Crippen molar-refractivity contribution in [2.45, 2.75) is 176 Å². The van der Waals surface area contributed by atoms with Gasteiger partial charge >= 0.3 is 11.9 Å². The molecule has 4 amide bonds. The van der Waals surface area contributed by atoms with E-state index < -0.39 is 102 Å². The molecule has 0 spiro atoms. The number of ether oxygens (including phenoxy) is 3. The van der Waals surface area contributed by atoms with Crippen LogP contribution in [0.1, 0.15) is 126 Å². The van der Waals surface area contributed by atoms with Crippen LogP contribution in [0.5, 0.6) is 5.75 Å². The molecule has 17 heteroatoms. The minimum absolute atomic E-state index is 0.0367. The number of aliphatic hydroxyl groups excluding tert-OH is 2. The highest BCUT2D eigenvalue weighted by atomic mass is 16.6. The highest BCUT2D eigenvalue weighted by Gasteiger charge is 2.43. The maximum atomic E-state index is 14.5. The van der Waals surface area contributed by atoms with Crippen LogP contribution < -0.4 is 21.1 Å². The summed E-state index contributed by atoms with van der Waals surface area (Å²) in [6.45, 7) is 18.1.